The zero-order chi connectivity index (χ0) is 11.5. The van der Waals surface area contributed by atoms with Gasteiger partial charge in [0, 0.05) is 5.02 Å². The number of nitriles is 1. The highest BCUT2D eigenvalue weighted by atomic mass is 35.5. The first kappa shape index (κ1) is 10.7. The van der Waals surface area contributed by atoms with Gasteiger partial charge in [0.2, 0.25) is 0 Å². The molecule has 2 rings (SSSR count). The summed E-state index contributed by atoms with van der Waals surface area (Å²) in [4.78, 5) is 0. The molecule has 0 saturated heterocycles. The molecule has 0 radical (unpaired) electrons. The molecule has 0 spiro atoms. The van der Waals surface area contributed by atoms with Crippen LogP contribution in [0.3, 0.4) is 0 Å². The van der Waals surface area contributed by atoms with Crippen molar-refractivity contribution in [3.8, 4) is 17.2 Å². The normalized spacial score (nSPS) is 9.81. The van der Waals surface area contributed by atoms with E-state index in [0.717, 1.165) is 21.7 Å². The standard InChI is InChI=1S/C14H10ClN/c1-10-7-12(5-6-13(10)9-16)11-3-2-4-14(15)8-11/h2-8H,1H3. The summed E-state index contributed by atoms with van der Waals surface area (Å²) in [5.74, 6) is 0. The second-order valence-corrected chi connectivity index (χ2v) is 4.09. The first-order chi connectivity index (χ1) is 7.70. The number of halogens is 1. The largest absolute Gasteiger partial charge is 0.192 e. The van der Waals surface area contributed by atoms with Crippen molar-refractivity contribution in [3.63, 3.8) is 0 Å². The molecule has 1 nitrogen and oxygen atoms in total. The SMILES string of the molecule is Cc1cc(-c2cccc(Cl)c2)ccc1C#N. The molecule has 0 bridgehead atoms. The van der Waals surface area contributed by atoms with E-state index in [9.17, 15) is 0 Å². The maximum absolute atomic E-state index is 8.85. The van der Waals surface area contributed by atoms with Crippen molar-refractivity contribution in [2.45, 2.75) is 6.92 Å². The number of aryl methyl sites for hydroxylation is 1. The van der Waals surface area contributed by atoms with E-state index >= 15 is 0 Å². The molecule has 0 amide bonds. The van der Waals surface area contributed by atoms with Crippen LogP contribution in [-0.2, 0) is 0 Å². The van der Waals surface area contributed by atoms with E-state index in [0.29, 0.717) is 5.56 Å². The average Bonchev–Trinajstić information content (AvgIpc) is 2.29. The van der Waals surface area contributed by atoms with Gasteiger partial charge in [-0.15, -0.1) is 0 Å². The average molecular weight is 228 g/mol. The molecule has 0 fully saturated rings. The highest BCUT2D eigenvalue weighted by Gasteiger charge is 2.01. The molecule has 0 heterocycles. The van der Waals surface area contributed by atoms with Gasteiger partial charge in [-0.3, -0.25) is 0 Å². The Kier molecular flexibility index (Phi) is 2.94. The molecule has 2 aromatic carbocycles. The maximum atomic E-state index is 8.85. The molecule has 0 atom stereocenters. The van der Waals surface area contributed by atoms with Gasteiger partial charge in [-0.25, -0.2) is 0 Å². The maximum Gasteiger partial charge on any atom is 0.0994 e. The molecular weight excluding hydrogens is 218 g/mol. The van der Waals surface area contributed by atoms with E-state index in [4.69, 9.17) is 16.9 Å². The van der Waals surface area contributed by atoms with Crippen LogP contribution in [0.25, 0.3) is 11.1 Å². The van der Waals surface area contributed by atoms with Crippen molar-refractivity contribution in [1.82, 2.24) is 0 Å². The highest BCUT2D eigenvalue weighted by Crippen LogP contribution is 2.24. The number of hydrogen-bond acceptors (Lipinski definition) is 1. The number of hydrogen-bond donors (Lipinski definition) is 0. The van der Waals surface area contributed by atoms with Crippen molar-refractivity contribution < 1.29 is 0 Å². The lowest BCUT2D eigenvalue weighted by Crippen LogP contribution is -1.84. The lowest BCUT2D eigenvalue weighted by molar-refractivity contribution is 1.39. The minimum absolute atomic E-state index is 0.714. The van der Waals surface area contributed by atoms with Gasteiger partial charge in [0.25, 0.3) is 0 Å². The summed E-state index contributed by atoms with van der Waals surface area (Å²) in [5, 5.41) is 9.57. The third-order valence-electron chi connectivity index (χ3n) is 2.50. The molecule has 16 heavy (non-hydrogen) atoms. The van der Waals surface area contributed by atoms with Gasteiger partial charge >= 0.3 is 0 Å². The minimum atomic E-state index is 0.714. The quantitative estimate of drug-likeness (QED) is 0.717. The Balaban J connectivity index is 2.50. The predicted octanol–water partition coefficient (Wildman–Crippen LogP) is 4.19. The van der Waals surface area contributed by atoms with Crippen LogP contribution in [0, 0.1) is 18.3 Å². The molecule has 2 heteroatoms. The highest BCUT2D eigenvalue weighted by molar-refractivity contribution is 6.30. The van der Waals surface area contributed by atoms with E-state index in [-0.39, 0.29) is 0 Å². The minimum Gasteiger partial charge on any atom is -0.192 e. The summed E-state index contributed by atoms with van der Waals surface area (Å²) in [7, 11) is 0. The molecule has 0 aliphatic carbocycles. The third-order valence-corrected chi connectivity index (χ3v) is 2.74. The molecule has 0 N–H and O–H groups in total. The van der Waals surface area contributed by atoms with Gasteiger partial charge in [-0.05, 0) is 41.8 Å². The van der Waals surface area contributed by atoms with E-state index < -0.39 is 0 Å². The molecule has 0 aromatic heterocycles. The second kappa shape index (κ2) is 4.38. The smallest absolute Gasteiger partial charge is 0.0994 e. The molecular formula is C14H10ClN. The second-order valence-electron chi connectivity index (χ2n) is 3.65. The fraction of sp³-hybridized carbons (Fsp3) is 0.0714. The summed E-state index contributed by atoms with van der Waals surface area (Å²) >= 11 is 5.94. The molecule has 0 saturated carbocycles. The monoisotopic (exact) mass is 227 g/mol. The molecule has 0 aliphatic heterocycles. The molecule has 2 aromatic rings. The third kappa shape index (κ3) is 2.08. The summed E-state index contributed by atoms with van der Waals surface area (Å²) in [5.41, 5.74) is 3.85. The van der Waals surface area contributed by atoms with Crippen molar-refractivity contribution in [2.24, 2.45) is 0 Å². The summed E-state index contributed by atoms with van der Waals surface area (Å²) in [6.07, 6.45) is 0. The van der Waals surface area contributed by atoms with E-state index in [1.807, 2.05) is 49.4 Å². The fourth-order valence-corrected chi connectivity index (χ4v) is 1.83. The first-order valence-electron chi connectivity index (χ1n) is 4.97. The van der Waals surface area contributed by atoms with Gasteiger partial charge in [-0.1, -0.05) is 35.9 Å². The Hall–Kier alpha value is -1.78. The zero-order valence-electron chi connectivity index (χ0n) is 8.87. The van der Waals surface area contributed by atoms with Gasteiger partial charge < -0.3 is 0 Å². The predicted molar refractivity (Wildman–Crippen MR) is 66.3 cm³/mol. The zero-order valence-corrected chi connectivity index (χ0v) is 9.62. The molecule has 0 unspecified atom stereocenters. The summed E-state index contributed by atoms with van der Waals surface area (Å²) in [6.45, 7) is 1.94. The molecule has 0 aliphatic rings. The van der Waals surface area contributed by atoms with Crippen LogP contribution in [0.15, 0.2) is 42.5 Å². The lowest BCUT2D eigenvalue weighted by atomic mass is 10.0. The Morgan fingerprint density at radius 2 is 1.81 bits per heavy atom. The van der Waals surface area contributed by atoms with Gasteiger partial charge in [-0.2, -0.15) is 5.26 Å². The fourth-order valence-electron chi connectivity index (χ4n) is 1.64. The van der Waals surface area contributed by atoms with Crippen LogP contribution in [0.5, 0.6) is 0 Å². The number of rotatable bonds is 1. The van der Waals surface area contributed by atoms with Gasteiger partial charge in [0.1, 0.15) is 0 Å². The van der Waals surface area contributed by atoms with E-state index in [1.54, 1.807) is 0 Å². The Labute approximate surface area is 99.9 Å². The van der Waals surface area contributed by atoms with Crippen molar-refractivity contribution in [2.75, 3.05) is 0 Å². The van der Waals surface area contributed by atoms with Gasteiger partial charge in [0.05, 0.1) is 11.6 Å². The molecule has 78 valence electrons. The Morgan fingerprint density at radius 3 is 2.44 bits per heavy atom. The van der Waals surface area contributed by atoms with Crippen molar-refractivity contribution in [3.05, 3.63) is 58.6 Å². The first-order valence-corrected chi connectivity index (χ1v) is 5.35. The van der Waals surface area contributed by atoms with Crippen LogP contribution in [-0.4, -0.2) is 0 Å². The van der Waals surface area contributed by atoms with Crippen LogP contribution in [0.1, 0.15) is 11.1 Å². The van der Waals surface area contributed by atoms with Crippen LogP contribution >= 0.6 is 11.6 Å². The van der Waals surface area contributed by atoms with Crippen molar-refractivity contribution >= 4 is 11.6 Å². The lowest BCUT2D eigenvalue weighted by Gasteiger charge is -2.04. The topological polar surface area (TPSA) is 23.8 Å². The summed E-state index contributed by atoms with van der Waals surface area (Å²) in [6, 6.07) is 15.6. The Bertz CT molecular complexity index is 567. The summed E-state index contributed by atoms with van der Waals surface area (Å²) < 4.78 is 0. The van der Waals surface area contributed by atoms with E-state index in [2.05, 4.69) is 6.07 Å². The van der Waals surface area contributed by atoms with Crippen LogP contribution in [0.4, 0.5) is 0 Å². The van der Waals surface area contributed by atoms with Crippen molar-refractivity contribution in [1.29, 1.82) is 5.26 Å². The van der Waals surface area contributed by atoms with E-state index in [1.165, 1.54) is 0 Å². The number of nitrogens with zero attached hydrogens (tertiary/aromatic N) is 1. The van der Waals surface area contributed by atoms with Crippen LogP contribution in [0.2, 0.25) is 5.02 Å². The van der Waals surface area contributed by atoms with Crippen LogP contribution < -0.4 is 0 Å². The Morgan fingerprint density at radius 1 is 1.06 bits per heavy atom. The number of benzene rings is 2. The van der Waals surface area contributed by atoms with Gasteiger partial charge in [0.15, 0.2) is 0 Å².